The van der Waals surface area contributed by atoms with Crippen LogP contribution in [0.25, 0.3) is 16.3 Å². The molecule has 2 spiro atoms. The minimum Gasteiger partial charge on any atom is -0.390 e. The fourth-order valence-corrected chi connectivity index (χ4v) is 9.89. The van der Waals surface area contributed by atoms with Gasteiger partial charge < -0.3 is 25.6 Å². The molecule has 4 N–H and O–H groups in total. The Morgan fingerprint density at radius 1 is 1.08 bits per heavy atom. The summed E-state index contributed by atoms with van der Waals surface area (Å²) in [4.78, 5) is 5.82. The number of pyridine rings is 1. The number of nitrogens with zero attached hydrogens (tertiary/aromatic N) is 2. The molecule has 1 aromatic heterocycles. The first-order valence-electron chi connectivity index (χ1n) is 13.8. The van der Waals surface area contributed by atoms with Crippen LogP contribution in [-0.4, -0.2) is 68.5 Å². The second kappa shape index (κ2) is 7.70. The first kappa shape index (κ1) is 24.3. The van der Waals surface area contributed by atoms with E-state index in [4.69, 9.17) is 22.1 Å². The normalized spacial score (nSPS) is 46.5. The average Bonchev–Trinajstić information content (AvgIpc) is 3.40. The van der Waals surface area contributed by atoms with Crippen molar-refractivity contribution in [2.75, 3.05) is 19.8 Å². The smallest absolute Gasteiger partial charge is 0.131 e. The van der Waals surface area contributed by atoms with Gasteiger partial charge in [0.15, 0.2) is 0 Å². The van der Waals surface area contributed by atoms with Gasteiger partial charge in [-0.2, -0.15) is 0 Å². The number of hydrogen-bond acceptors (Lipinski definition) is 6. The van der Waals surface area contributed by atoms with E-state index in [9.17, 15) is 10.2 Å². The number of aliphatic hydroxyl groups excluding tert-OH is 2. The van der Waals surface area contributed by atoms with Crippen molar-refractivity contribution in [3.63, 3.8) is 0 Å². The zero-order valence-electron chi connectivity index (χ0n) is 22.0. The zero-order valence-corrected chi connectivity index (χ0v) is 22.7. The summed E-state index contributed by atoms with van der Waals surface area (Å²) in [6, 6.07) is 8.44. The molecule has 3 heterocycles. The van der Waals surface area contributed by atoms with Crippen LogP contribution >= 0.6 is 11.6 Å². The number of allylic oxidation sites excluding steroid dienone is 2. The highest BCUT2D eigenvalue weighted by atomic mass is 35.5. The van der Waals surface area contributed by atoms with E-state index in [1.165, 1.54) is 11.1 Å². The highest BCUT2D eigenvalue weighted by Crippen LogP contribution is 2.73. The fourth-order valence-electron chi connectivity index (χ4n) is 9.37. The Hall–Kier alpha value is -1.70. The number of likely N-dealkylation sites (N-methyl/N-ethyl adjacent to an activating group) is 1. The third kappa shape index (κ3) is 3.00. The standard InChI is InChI=1S/C30H38ClN3O3/c1-27-9-11-29(31)15-21-24(35)25(36)22(34(2)3)16-28(21)10-12-30(29,37-28)23(27)7-6-20(27)18-5-4-17-8-13-33-26(32)19(17)14-18/h4-6,8,13-14,21-25,35-36H,7,9-12,15-16H2,1-3H3,(H2,32,33). The first-order chi connectivity index (χ1) is 17.5. The van der Waals surface area contributed by atoms with E-state index in [1.807, 2.05) is 25.1 Å². The number of aromatic nitrogens is 1. The molecule has 2 saturated heterocycles. The summed E-state index contributed by atoms with van der Waals surface area (Å²) in [5.74, 6) is 0.695. The van der Waals surface area contributed by atoms with Gasteiger partial charge >= 0.3 is 0 Å². The maximum atomic E-state index is 11.3. The molecule has 4 fully saturated rings. The molecular weight excluding hydrogens is 486 g/mol. The molecule has 2 aliphatic heterocycles. The molecule has 9 unspecified atom stereocenters. The number of rotatable bonds is 2. The van der Waals surface area contributed by atoms with Crippen LogP contribution in [0.4, 0.5) is 5.82 Å². The van der Waals surface area contributed by atoms with Crippen LogP contribution in [0.3, 0.4) is 0 Å². The van der Waals surface area contributed by atoms with Gasteiger partial charge in [0, 0.05) is 29.5 Å². The molecule has 6 nitrogen and oxygen atoms in total. The topological polar surface area (TPSA) is 91.8 Å². The summed E-state index contributed by atoms with van der Waals surface area (Å²) in [6.45, 7) is 2.40. The maximum absolute atomic E-state index is 11.3. The molecule has 5 aliphatic rings. The molecule has 1 aromatic carbocycles. The number of nitrogens with two attached hydrogens (primary N) is 1. The average molecular weight is 524 g/mol. The van der Waals surface area contributed by atoms with E-state index in [0.717, 1.165) is 49.3 Å². The molecule has 0 amide bonds. The van der Waals surface area contributed by atoms with Gasteiger partial charge in [-0.3, -0.25) is 0 Å². The number of benzene rings is 1. The van der Waals surface area contributed by atoms with E-state index in [0.29, 0.717) is 12.2 Å². The third-order valence-corrected chi connectivity index (χ3v) is 12.0. The molecule has 2 bridgehead atoms. The van der Waals surface area contributed by atoms with Crippen LogP contribution in [0.15, 0.2) is 36.5 Å². The number of fused-ring (bicyclic) bond motifs is 2. The van der Waals surface area contributed by atoms with Gasteiger partial charge in [-0.05, 0) is 93.1 Å². The van der Waals surface area contributed by atoms with Crippen molar-refractivity contribution in [1.29, 1.82) is 0 Å². The maximum Gasteiger partial charge on any atom is 0.131 e. The van der Waals surface area contributed by atoms with Gasteiger partial charge in [0.25, 0.3) is 0 Å². The lowest BCUT2D eigenvalue weighted by Gasteiger charge is -2.65. The van der Waals surface area contributed by atoms with E-state index in [2.05, 4.69) is 36.2 Å². The Balaban J connectivity index is 1.27. The molecule has 3 aliphatic carbocycles. The van der Waals surface area contributed by atoms with Crippen LogP contribution in [0.5, 0.6) is 0 Å². The number of alkyl halides is 1. The Kier molecular flexibility index (Phi) is 5.06. The predicted molar refractivity (Wildman–Crippen MR) is 146 cm³/mol. The lowest BCUT2D eigenvalue weighted by Crippen LogP contribution is -2.72. The summed E-state index contributed by atoms with van der Waals surface area (Å²) in [6.07, 6.45) is 8.54. The zero-order chi connectivity index (χ0) is 26.0. The van der Waals surface area contributed by atoms with Crippen LogP contribution in [0, 0.1) is 17.3 Å². The quantitative estimate of drug-likeness (QED) is 0.506. The molecule has 0 radical (unpaired) electrons. The Labute approximate surface area is 223 Å². The number of anilines is 1. The summed E-state index contributed by atoms with van der Waals surface area (Å²) < 4.78 is 7.34. The Morgan fingerprint density at radius 3 is 2.68 bits per heavy atom. The number of ether oxygens (including phenoxy) is 1. The van der Waals surface area contributed by atoms with Crippen molar-refractivity contribution in [3.05, 3.63) is 42.1 Å². The predicted octanol–water partition coefficient (Wildman–Crippen LogP) is 4.36. The molecule has 2 saturated carbocycles. The Bertz CT molecular complexity index is 1320. The molecule has 7 heteroatoms. The number of hydrogen-bond donors (Lipinski definition) is 3. The SMILES string of the molecule is CN(C)C1CC23CCC4(O2)C2CC=C(c5ccc6ccnc(N)c6c5)C2(C)CCC4(Cl)CC3C(O)C1O. The lowest BCUT2D eigenvalue weighted by atomic mass is 9.52. The second-order valence-electron chi connectivity index (χ2n) is 13.0. The largest absolute Gasteiger partial charge is 0.390 e. The first-order valence-corrected chi connectivity index (χ1v) is 14.2. The Morgan fingerprint density at radius 2 is 1.89 bits per heavy atom. The second-order valence-corrected chi connectivity index (χ2v) is 13.7. The molecule has 2 aromatic rings. The van der Waals surface area contributed by atoms with Gasteiger partial charge in [-0.25, -0.2) is 4.98 Å². The minimum atomic E-state index is -0.824. The van der Waals surface area contributed by atoms with Crippen molar-refractivity contribution >= 4 is 33.8 Å². The summed E-state index contributed by atoms with van der Waals surface area (Å²) >= 11 is 7.63. The number of halogens is 1. The van der Waals surface area contributed by atoms with Crippen LogP contribution in [0.2, 0.25) is 0 Å². The fraction of sp³-hybridized carbons (Fsp3) is 0.633. The van der Waals surface area contributed by atoms with E-state index in [1.54, 1.807) is 6.20 Å². The highest BCUT2D eigenvalue weighted by molar-refractivity contribution is 6.25. The summed E-state index contributed by atoms with van der Waals surface area (Å²) in [7, 11) is 3.96. The molecule has 7 rings (SSSR count). The van der Waals surface area contributed by atoms with Crippen molar-refractivity contribution in [3.8, 4) is 0 Å². The van der Waals surface area contributed by atoms with Gasteiger partial charge in [0.05, 0.1) is 28.3 Å². The lowest BCUT2D eigenvalue weighted by molar-refractivity contribution is -0.276. The number of aliphatic hydroxyl groups is 2. The van der Waals surface area contributed by atoms with Crippen LogP contribution in [-0.2, 0) is 4.74 Å². The van der Waals surface area contributed by atoms with Gasteiger partial charge in [0.2, 0.25) is 0 Å². The monoisotopic (exact) mass is 523 g/mol. The van der Waals surface area contributed by atoms with Gasteiger partial charge in [-0.15, -0.1) is 11.6 Å². The number of nitrogen functional groups attached to an aromatic ring is 1. The van der Waals surface area contributed by atoms with E-state index < -0.39 is 28.3 Å². The highest BCUT2D eigenvalue weighted by Gasteiger charge is 2.76. The van der Waals surface area contributed by atoms with Crippen LogP contribution in [0.1, 0.15) is 57.4 Å². The van der Waals surface area contributed by atoms with Crippen molar-refractivity contribution < 1.29 is 14.9 Å². The molecule has 37 heavy (non-hydrogen) atoms. The molecule has 9 atom stereocenters. The molecular formula is C30H38ClN3O3. The van der Waals surface area contributed by atoms with E-state index in [-0.39, 0.29) is 23.3 Å². The van der Waals surface area contributed by atoms with E-state index >= 15 is 0 Å². The van der Waals surface area contributed by atoms with Gasteiger partial charge in [-0.1, -0.05) is 25.1 Å². The minimum absolute atomic E-state index is 0.0604. The van der Waals surface area contributed by atoms with Crippen molar-refractivity contribution in [2.24, 2.45) is 17.3 Å². The molecule has 198 valence electrons. The van der Waals surface area contributed by atoms with Gasteiger partial charge in [0.1, 0.15) is 5.82 Å². The summed E-state index contributed by atoms with van der Waals surface area (Å²) in [5, 5.41) is 24.4. The third-order valence-electron chi connectivity index (χ3n) is 11.3. The van der Waals surface area contributed by atoms with Crippen LogP contribution < -0.4 is 5.73 Å². The summed E-state index contributed by atoms with van der Waals surface area (Å²) in [5.41, 5.74) is 7.89. The van der Waals surface area contributed by atoms with Crippen molar-refractivity contribution in [1.82, 2.24) is 9.88 Å². The van der Waals surface area contributed by atoms with Crippen molar-refractivity contribution in [2.45, 2.75) is 86.2 Å².